The van der Waals surface area contributed by atoms with Crippen molar-refractivity contribution in [3.63, 3.8) is 0 Å². The molecule has 5 heteroatoms. The molecule has 0 aliphatic rings. The number of carbonyl (C=O) groups excluding carboxylic acids is 1. The van der Waals surface area contributed by atoms with Crippen molar-refractivity contribution in [1.29, 1.82) is 0 Å². The van der Waals surface area contributed by atoms with Gasteiger partial charge in [-0.1, -0.05) is 12.1 Å². The van der Waals surface area contributed by atoms with Crippen molar-refractivity contribution < 1.29 is 9.90 Å². The minimum absolute atomic E-state index is 0.186. The number of carbonyl (C=O) groups is 1. The van der Waals surface area contributed by atoms with Gasteiger partial charge in [0.25, 0.3) is 0 Å². The number of aryl methyl sites for hydroxylation is 1. The van der Waals surface area contributed by atoms with E-state index < -0.39 is 0 Å². The molecule has 2 aromatic rings. The molecule has 23 heavy (non-hydrogen) atoms. The monoisotopic (exact) mass is 313 g/mol. The molecule has 0 spiro atoms. The number of phenolic OH excluding ortho intramolecular Hbond substituents is 1. The van der Waals surface area contributed by atoms with Crippen LogP contribution in [0.1, 0.15) is 11.1 Å². The number of nitrogens with one attached hydrogen (secondary N) is 1. The molecule has 0 radical (unpaired) electrons. The number of rotatable bonds is 4. The van der Waals surface area contributed by atoms with Crippen molar-refractivity contribution in [2.24, 2.45) is 0 Å². The van der Waals surface area contributed by atoms with Crippen LogP contribution in [0.15, 0.2) is 42.5 Å². The van der Waals surface area contributed by atoms with Crippen LogP contribution in [-0.4, -0.2) is 37.2 Å². The first-order valence-corrected chi connectivity index (χ1v) is 7.45. The number of phenols is 1. The van der Waals surface area contributed by atoms with Crippen LogP contribution in [0.25, 0.3) is 0 Å². The molecule has 0 saturated carbocycles. The van der Waals surface area contributed by atoms with E-state index in [0.717, 1.165) is 22.5 Å². The van der Waals surface area contributed by atoms with Gasteiger partial charge in [0.1, 0.15) is 5.75 Å². The standard InChI is InChI=1S/C18H23N3O2/c1-13-10-15(20(2)3)8-9-17(13)19-18(23)21(4)12-14-6-5-7-16(22)11-14/h5-11,22H,12H2,1-4H3,(H,19,23). The van der Waals surface area contributed by atoms with Gasteiger partial charge in [-0.25, -0.2) is 4.79 Å². The molecule has 2 aromatic carbocycles. The fraction of sp³-hybridized carbons (Fsp3) is 0.278. The third-order valence-corrected chi connectivity index (χ3v) is 3.64. The number of benzene rings is 2. The molecule has 5 nitrogen and oxygen atoms in total. The first kappa shape index (κ1) is 16.7. The molecule has 0 aliphatic heterocycles. The maximum Gasteiger partial charge on any atom is 0.321 e. The first-order chi connectivity index (χ1) is 10.9. The van der Waals surface area contributed by atoms with E-state index in [-0.39, 0.29) is 11.8 Å². The Balaban J connectivity index is 2.03. The molecule has 0 aliphatic carbocycles. The topological polar surface area (TPSA) is 55.8 Å². The van der Waals surface area contributed by atoms with E-state index in [1.54, 1.807) is 30.1 Å². The Morgan fingerprint density at radius 1 is 1.13 bits per heavy atom. The van der Waals surface area contributed by atoms with Crippen LogP contribution in [0.5, 0.6) is 5.75 Å². The second-order valence-corrected chi connectivity index (χ2v) is 5.85. The summed E-state index contributed by atoms with van der Waals surface area (Å²) in [6, 6.07) is 12.6. The van der Waals surface area contributed by atoms with E-state index in [9.17, 15) is 9.90 Å². The lowest BCUT2D eigenvalue weighted by molar-refractivity contribution is 0.220. The highest BCUT2D eigenvalue weighted by Crippen LogP contribution is 2.22. The van der Waals surface area contributed by atoms with E-state index in [1.165, 1.54) is 0 Å². The number of amides is 2. The lowest BCUT2D eigenvalue weighted by atomic mass is 10.1. The molecule has 0 bridgehead atoms. The lowest BCUT2D eigenvalue weighted by Gasteiger charge is -2.20. The van der Waals surface area contributed by atoms with Gasteiger partial charge >= 0.3 is 6.03 Å². The highest BCUT2D eigenvalue weighted by atomic mass is 16.3. The fourth-order valence-electron chi connectivity index (χ4n) is 2.28. The first-order valence-electron chi connectivity index (χ1n) is 7.45. The van der Waals surface area contributed by atoms with Gasteiger partial charge in [-0.05, 0) is 48.4 Å². The quantitative estimate of drug-likeness (QED) is 0.909. The number of anilines is 2. The normalized spacial score (nSPS) is 10.3. The maximum atomic E-state index is 12.3. The summed E-state index contributed by atoms with van der Waals surface area (Å²) >= 11 is 0. The van der Waals surface area contributed by atoms with Gasteiger partial charge in [0.05, 0.1) is 0 Å². The second kappa shape index (κ2) is 7.05. The van der Waals surface area contributed by atoms with Crippen LogP contribution >= 0.6 is 0 Å². The molecule has 0 saturated heterocycles. The maximum absolute atomic E-state index is 12.3. The molecule has 0 atom stereocenters. The van der Waals surface area contributed by atoms with Crippen LogP contribution in [-0.2, 0) is 6.54 Å². The van der Waals surface area contributed by atoms with Crippen LogP contribution in [0.3, 0.4) is 0 Å². The molecule has 0 unspecified atom stereocenters. The number of hydrogen-bond donors (Lipinski definition) is 2. The molecular formula is C18H23N3O2. The average Bonchev–Trinajstić information content (AvgIpc) is 2.49. The van der Waals surface area contributed by atoms with Crippen molar-refractivity contribution in [3.8, 4) is 5.75 Å². The van der Waals surface area contributed by atoms with Crippen molar-refractivity contribution in [3.05, 3.63) is 53.6 Å². The van der Waals surface area contributed by atoms with Gasteiger partial charge in [-0.2, -0.15) is 0 Å². The number of nitrogens with zero attached hydrogens (tertiary/aromatic N) is 2. The smallest absolute Gasteiger partial charge is 0.321 e. The fourth-order valence-corrected chi connectivity index (χ4v) is 2.28. The van der Waals surface area contributed by atoms with E-state index >= 15 is 0 Å². The Morgan fingerprint density at radius 2 is 1.87 bits per heavy atom. The minimum atomic E-state index is -0.186. The summed E-state index contributed by atoms with van der Waals surface area (Å²) in [7, 11) is 5.69. The highest BCUT2D eigenvalue weighted by molar-refractivity contribution is 5.90. The largest absolute Gasteiger partial charge is 0.508 e. The molecule has 2 N–H and O–H groups in total. The second-order valence-electron chi connectivity index (χ2n) is 5.85. The van der Waals surface area contributed by atoms with Crippen LogP contribution in [0, 0.1) is 6.92 Å². The molecule has 122 valence electrons. The number of hydrogen-bond acceptors (Lipinski definition) is 3. The van der Waals surface area contributed by atoms with E-state index in [4.69, 9.17) is 0 Å². The Bertz CT molecular complexity index is 698. The van der Waals surface area contributed by atoms with E-state index in [1.807, 2.05) is 50.2 Å². The Labute approximate surface area is 137 Å². The van der Waals surface area contributed by atoms with Crippen molar-refractivity contribution in [2.75, 3.05) is 31.4 Å². The molecule has 0 fully saturated rings. The van der Waals surface area contributed by atoms with Gasteiger partial charge < -0.3 is 20.2 Å². The minimum Gasteiger partial charge on any atom is -0.508 e. The van der Waals surface area contributed by atoms with Crippen LogP contribution in [0.4, 0.5) is 16.2 Å². The van der Waals surface area contributed by atoms with Crippen LogP contribution in [0.2, 0.25) is 0 Å². The predicted molar refractivity (Wildman–Crippen MR) is 94.1 cm³/mol. The van der Waals surface area contributed by atoms with E-state index in [2.05, 4.69) is 5.32 Å². The third kappa shape index (κ3) is 4.39. The van der Waals surface area contributed by atoms with Crippen molar-refractivity contribution in [1.82, 2.24) is 4.90 Å². The van der Waals surface area contributed by atoms with E-state index in [0.29, 0.717) is 6.54 Å². The molecular weight excluding hydrogens is 290 g/mol. The SMILES string of the molecule is Cc1cc(N(C)C)ccc1NC(=O)N(C)Cc1cccc(O)c1. The zero-order valence-corrected chi connectivity index (χ0v) is 14.0. The summed E-state index contributed by atoms with van der Waals surface area (Å²) in [5.74, 6) is 0.200. The van der Waals surface area contributed by atoms with Gasteiger partial charge in [0.2, 0.25) is 0 Å². The van der Waals surface area contributed by atoms with Gasteiger partial charge in [-0.3, -0.25) is 0 Å². The summed E-state index contributed by atoms with van der Waals surface area (Å²) < 4.78 is 0. The molecule has 0 heterocycles. The highest BCUT2D eigenvalue weighted by Gasteiger charge is 2.11. The zero-order chi connectivity index (χ0) is 17.0. The third-order valence-electron chi connectivity index (χ3n) is 3.64. The Morgan fingerprint density at radius 3 is 2.48 bits per heavy atom. The molecule has 0 aromatic heterocycles. The van der Waals surface area contributed by atoms with Gasteiger partial charge in [-0.15, -0.1) is 0 Å². The van der Waals surface area contributed by atoms with Gasteiger partial charge in [0.15, 0.2) is 0 Å². The Kier molecular flexibility index (Phi) is 5.11. The lowest BCUT2D eigenvalue weighted by Crippen LogP contribution is -2.31. The zero-order valence-electron chi connectivity index (χ0n) is 14.0. The molecule has 2 amide bonds. The van der Waals surface area contributed by atoms with Crippen molar-refractivity contribution in [2.45, 2.75) is 13.5 Å². The number of urea groups is 1. The number of aromatic hydroxyl groups is 1. The summed E-state index contributed by atoms with van der Waals surface area (Å²) in [6.07, 6.45) is 0. The summed E-state index contributed by atoms with van der Waals surface area (Å²) in [5.41, 5.74) is 3.77. The summed E-state index contributed by atoms with van der Waals surface area (Å²) in [5, 5.41) is 12.4. The predicted octanol–water partition coefficient (Wildman–Crippen LogP) is 3.43. The van der Waals surface area contributed by atoms with Gasteiger partial charge in [0, 0.05) is 39.1 Å². The summed E-state index contributed by atoms with van der Waals surface area (Å²) in [4.78, 5) is 15.9. The Hall–Kier alpha value is -2.69. The molecule has 2 rings (SSSR count). The average molecular weight is 313 g/mol. The van der Waals surface area contributed by atoms with Crippen LogP contribution < -0.4 is 10.2 Å². The van der Waals surface area contributed by atoms with Crippen molar-refractivity contribution >= 4 is 17.4 Å². The summed E-state index contributed by atoms with van der Waals surface area (Å²) in [6.45, 7) is 2.40.